The molecule has 1 saturated heterocycles. The van der Waals surface area contributed by atoms with Gasteiger partial charge in [0.15, 0.2) is 0 Å². The van der Waals surface area contributed by atoms with Gasteiger partial charge in [-0.25, -0.2) is 0 Å². The Morgan fingerprint density at radius 1 is 1.50 bits per heavy atom. The lowest BCUT2D eigenvalue weighted by molar-refractivity contribution is -0.310. The van der Waals surface area contributed by atoms with Gasteiger partial charge in [-0.1, -0.05) is 37.8 Å². The summed E-state index contributed by atoms with van der Waals surface area (Å²) in [5.74, 6) is -0.343. The highest BCUT2D eigenvalue weighted by Gasteiger charge is 2.38. The third-order valence-electron chi connectivity index (χ3n) is 3.14. The van der Waals surface area contributed by atoms with Gasteiger partial charge in [0, 0.05) is 6.08 Å². The van der Waals surface area contributed by atoms with E-state index in [1.165, 1.54) is 0 Å². The number of aliphatic carboxylic acids is 1. The van der Waals surface area contributed by atoms with Gasteiger partial charge in [0.1, 0.15) is 15.8 Å². The van der Waals surface area contributed by atoms with Crippen LogP contribution in [0.15, 0.2) is 21.5 Å². The fraction of sp³-hybridized carbons (Fsp3) is 0.400. The molecule has 118 valence electrons. The van der Waals surface area contributed by atoms with Gasteiger partial charge in [-0.2, -0.15) is 0 Å². The zero-order valence-corrected chi connectivity index (χ0v) is 14.1. The maximum Gasteiger partial charge on any atom is 0.266 e. The van der Waals surface area contributed by atoms with Crippen molar-refractivity contribution in [3.8, 4) is 0 Å². The fourth-order valence-corrected chi connectivity index (χ4v) is 3.50. The molecule has 0 spiro atoms. The van der Waals surface area contributed by atoms with Gasteiger partial charge in [-0.3, -0.25) is 9.69 Å². The molecule has 0 radical (unpaired) electrons. The summed E-state index contributed by atoms with van der Waals surface area (Å²) in [7, 11) is 0. The first-order chi connectivity index (χ1) is 10.3. The zero-order chi connectivity index (χ0) is 16.4. The standard InChI is InChI=1S/C15H17NO4S2/c1-8(2)6-11(14(18)19)16-13(17)12(22-15(16)21)7-10-5-4-9(3)20-10/h4-5,7-8,11H,6H2,1-3H3,(H,18,19)/p-1/b12-7+/t11-/m1/s1. The summed E-state index contributed by atoms with van der Waals surface area (Å²) < 4.78 is 5.64. The highest BCUT2D eigenvalue weighted by atomic mass is 32.2. The molecule has 1 aromatic rings. The Morgan fingerprint density at radius 2 is 2.18 bits per heavy atom. The molecule has 1 aliphatic rings. The number of aryl methyl sites for hydroxylation is 1. The molecule has 0 unspecified atom stereocenters. The van der Waals surface area contributed by atoms with Crippen LogP contribution in [0, 0.1) is 12.8 Å². The third-order valence-corrected chi connectivity index (χ3v) is 4.47. The maximum absolute atomic E-state index is 12.5. The summed E-state index contributed by atoms with van der Waals surface area (Å²) >= 11 is 6.25. The predicted octanol–water partition coefficient (Wildman–Crippen LogP) is 1.95. The van der Waals surface area contributed by atoms with Crippen molar-refractivity contribution in [2.45, 2.75) is 33.2 Å². The molecular formula is C15H16NO4S2-. The number of carboxylic acid groups (broad SMARTS) is 1. The summed E-state index contributed by atoms with van der Waals surface area (Å²) in [6, 6.07) is 2.48. The average molecular weight is 338 g/mol. The topological polar surface area (TPSA) is 73.6 Å². The number of hydrogen-bond acceptors (Lipinski definition) is 6. The van der Waals surface area contributed by atoms with Crippen LogP contribution in [0.3, 0.4) is 0 Å². The van der Waals surface area contributed by atoms with Crippen LogP contribution >= 0.6 is 24.0 Å². The highest BCUT2D eigenvalue weighted by Crippen LogP contribution is 2.35. The molecular weight excluding hydrogens is 322 g/mol. The van der Waals surface area contributed by atoms with E-state index in [0.29, 0.717) is 17.1 Å². The molecule has 0 aliphatic carbocycles. The number of carbonyl (C=O) groups is 2. The van der Waals surface area contributed by atoms with Crippen LogP contribution in [0.1, 0.15) is 31.8 Å². The van der Waals surface area contributed by atoms with E-state index in [9.17, 15) is 14.7 Å². The second-order valence-corrected chi connectivity index (χ2v) is 7.14. The molecule has 1 aromatic heterocycles. The van der Waals surface area contributed by atoms with E-state index in [-0.39, 0.29) is 10.2 Å². The summed E-state index contributed by atoms with van der Waals surface area (Å²) in [6.07, 6.45) is 1.87. The normalized spacial score (nSPS) is 18.5. The van der Waals surface area contributed by atoms with Crippen molar-refractivity contribution >= 4 is 46.3 Å². The van der Waals surface area contributed by atoms with Crippen LogP contribution < -0.4 is 5.11 Å². The Hall–Kier alpha value is -1.60. The quantitative estimate of drug-likeness (QED) is 0.603. The van der Waals surface area contributed by atoms with Crippen LogP contribution in [0.25, 0.3) is 6.08 Å². The monoisotopic (exact) mass is 338 g/mol. The number of furan rings is 1. The van der Waals surface area contributed by atoms with E-state index in [1.54, 1.807) is 25.1 Å². The number of rotatable bonds is 5. The number of thioether (sulfide) groups is 1. The summed E-state index contributed by atoms with van der Waals surface area (Å²) in [4.78, 5) is 25.3. The predicted molar refractivity (Wildman–Crippen MR) is 86.7 cm³/mol. The van der Waals surface area contributed by atoms with Gasteiger partial charge >= 0.3 is 0 Å². The third kappa shape index (κ3) is 3.59. The Kier molecular flexibility index (Phi) is 5.08. The van der Waals surface area contributed by atoms with E-state index < -0.39 is 17.9 Å². The molecule has 2 heterocycles. The Bertz CT molecular complexity index is 648. The Balaban J connectivity index is 2.27. The molecule has 0 aromatic carbocycles. The van der Waals surface area contributed by atoms with Crippen molar-refractivity contribution in [1.82, 2.24) is 4.90 Å². The first-order valence-corrected chi connectivity index (χ1v) is 8.06. The van der Waals surface area contributed by atoms with Crippen molar-refractivity contribution in [2.75, 3.05) is 0 Å². The second kappa shape index (κ2) is 6.66. The molecule has 1 fully saturated rings. The molecule has 1 amide bonds. The molecule has 1 atom stereocenters. The SMILES string of the molecule is Cc1ccc(/C=C2/SC(=S)N([C@H](CC(C)C)C(=O)[O-])C2=O)o1. The lowest BCUT2D eigenvalue weighted by Crippen LogP contribution is -2.50. The van der Waals surface area contributed by atoms with Gasteiger partial charge < -0.3 is 14.3 Å². The van der Waals surface area contributed by atoms with Crippen molar-refractivity contribution in [2.24, 2.45) is 5.92 Å². The van der Waals surface area contributed by atoms with Crippen molar-refractivity contribution in [3.05, 3.63) is 28.6 Å². The molecule has 1 aliphatic heterocycles. The minimum absolute atomic E-state index is 0.101. The molecule has 5 nitrogen and oxygen atoms in total. The number of carbonyl (C=O) groups excluding carboxylic acids is 2. The van der Waals surface area contributed by atoms with Crippen LogP contribution in [-0.4, -0.2) is 27.1 Å². The smallest absolute Gasteiger partial charge is 0.266 e. The number of thiocarbonyl (C=S) groups is 1. The largest absolute Gasteiger partial charge is 0.548 e. The van der Waals surface area contributed by atoms with Crippen molar-refractivity contribution in [1.29, 1.82) is 0 Å². The van der Waals surface area contributed by atoms with Gasteiger partial charge in [-0.05, 0) is 31.4 Å². The summed E-state index contributed by atoms with van der Waals surface area (Å²) in [5.41, 5.74) is 0. The molecule has 0 saturated carbocycles. The second-order valence-electron chi connectivity index (χ2n) is 5.46. The number of hydrogen-bond donors (Lipinski definition) is 0. The average Bonchev–Trinajstić information content (AvgIpc) is 2.92. The van der Waals surface area contributed by atoms with E-state index in [4.69, 9.17) is 16.6 Å². The maximum atomic E-state index is 12.5. The van der Waals surface area contributed by atoms with E-state index in [2.05, 4.69) is 0 Å². The first-order valence-electron chi connectivity index (χ1n) is 6.84. The number of carboxylic acids is 1. The molecule has 7 heteroatoms. The zero-order valence-electron chi connectivity index (χ0n) is 12.5. The van der Waals surface area contributed by atoms with Crippen molar-refractivity contribution < 1.29 is 19.1 Å². The highest BCUT2D eigenvalue weighted by molar-refractivity contribution is 8.26. The first kappa shape index (κ1) is 16.8. The minimum atomic E-state index is -1.29. The fourth-order valence-electron chi connectivity index (χ4n) is 2.16. The van der Waals surface area contributed by atoms with Gasteiger partial charge in [0.2, 0.25) is 0 Å². The summed E-state index contributed by atoms with van der Waals surface area (Å²) in [5, 5.41) is 11.4. The summed E-state index contributed by atoms with van der Waals surface area (Å²) in [6.45, 7) is 5.57. The Labute approximate surface area is 138 Å². The van der Waals surface area contributed by atoms with Gasteiger partial charge in [0.25, 0.3) is 5.91 Å². The lowest BCUT2D eigenvalue weighted by atomic mass is 10.0. The van der Waals surface area contributed by atoms with Crippen LogP contribution in [-0.2, 0) is 9.59 Å². The van der Waals surface area contributed by atoms with Crippen LogP contribution in [0.4, 0.5) is 0 Å². The van der Waals surface area contributed by atoms with E-state index in [0.717, 1.165) is 22.4 Å². The van der Waals surface area contributed by atoms with Crippen LogP contribution in [0.2, 0.25) is 0 Å². The number of amides is 1. The molecule has 2 rings (SSSR count). The minimum Gasteiger partial charge on any atom is -0.548 e. The Morgan fingerprint density at radius 3 is 2.68 bits per heavy atom. The van der Waals surface area contributed by atoms with Gasteiger partial charge in [-0.15, -0.1) is 0 Å². The lowest BCUT2D eigenvalue weighted by Gasteiger charge is -2.28. The number of nitrogens with zero attached hydrogens (tertiary/aromatic N) is 1. The van der Waals surface area contributed by atoms with Crippen LogP contribution in [0.5, 0.6) is 0 Å². The van der Waals surface area contributed by atoms with E-state index in [1.807, 2.05) is 13.8 Å². The molecule has 22 heavy (non-hydrogen) atoms. The van der Waals surface area contributed by atoms with Gasteiger partial charge in [0.05, 0.1) is 16.9 Å². The van der Waals surface area contributed by atoms with Crippen molar-refractivity contribution in [3.63, 3.8) is 0 Å². The van der Waals surface area contributed by atoms with E-state index >= 15 is 0 Å². The molecule has 0 bridgehead atoms. The molecule has 0 N–H and O–H groups in total.